The molecule has 69 valence electrons. The van der Waals surface area contributed by atoms with Gasteiger partial charge in [-0.05, 0) is 6.54 Å². The van der Waals surface area contributed by atoms with E-state index in [1.165, 1.54) is 0 Å². The van der Waals surface area contributed by atoms with Crippen molar-refractivity contribution in [2.45, 2.75) is 0 Å². The second-order valence-corrected chi connectivity index (χ2v) is 1.39. The smallest absolute Gasteiger partial charge is 0.679 e. The van der Waals surface area contributed by atoms with E-state index in [-0.39, 0.29) is 80.3 Å². The summed E-state index contributed by atoms with van der Waals surface area (Å²) in [4.78, 5) is 18.5. The predicted molar refractivity (Wildman–Crippen MR) is 39.1 cm³/mol. The van der Waals surface area contributed by atoms with Crippen LogP contribution in [0.25, 0.3) is 5.32 Å². The van der Waals surface area contributed by atoms with Gasteiger partial charge in [0, 0.05) is 0 Å². The maximum Gasteiger partial charge on any atom is 2.00 e. The number of nitrogens with zero attached hydrogens (tertiary/aromatic N) is 1. The number of aliphatic carboxylic acids is 2. The predicted octanol–water partition coefficient (Wildman–Crippen LogP) is -2.81. The van der Waals surface area contributed by atoms with E-state index in [0.717, 1.165) is 0 Å². The van der Waals surface area contributed by atoms with Gasteiger partial charge in [-0.3, -0.25) is 23.1 Å². The van der Waals surface area contributed by atoms with Crippen LogP contribution in [-0.4, -0.2) is 35.2 Å². The van der Waals surface area contributed by atoms with Crippen molar-refractivity contribution < 1.29 is 93.6 Å². The Labute approximate surface area is 136 Å². The Morgan fingerprint density at radius 3 is 1.69 bits per heavy atom. The van der Waals surface area contributed by atoms with E-state index in [9.17, 15) is 4.79 Å². The average molecular weight is 292 g/mol. The van der Waals surface area contributed by atoms with Crippen LogP contribution in [0.3, 0.4) is 0 Å². The van der Waals surface area contributed by atoms with Crippen LogP contribution >= 0.6 is 0 Å². The maximum atomic E-state index is 9.64. The summed E-state index contributed by atoms with van der Waals surface area (Å²) >= 11 is 0. The molecule has 5 nitrogen and oxygen atoms in total. The van der Waals surface area contributed by atoms with Crippen LogP contribution in [0.2, 0.25) is 0 Å². The van der Waals surface area contributed by atoms with Crippen LogP contribution in [0.5, 0.6) is 0 Å². The van der Waals surface area contributed by atoms with E-state index in [2.05, 4.69) is 19.2 Å². The van der Waals surface area contributed by atoms with Crippen molar-refractivity contribution in [3.05, 3.63) is 19.2 Å². The fraction of sp³-hybridized carbons (Fsp3) is 0.333. The Bertz CT molecular complexity index is 130. The minimum absolute atomic E-state index is 0. The molecular formula is C6H10KNNbO4. The quantitative estimate of drug-likeness (QED) is 0.434. The molecule has 0 aliphatic carbocycles. The molecule has 0 aromatic rings. The SMILES string of the molecule is [CH2-]C(=O)O.[CH2-]C[N-]CC(=O)O.[K+].[Nb+2]. The van der Waals surface area contributed by atoms with Crippen LogP contribution in [0.4, 0.5) is 0 Å². The van der Waals surface area contributed by atoms with Crippen molar-refractivity contribution in [3.8, 4) is 0 Å². The summed E-state index contributed by atoms with van der Waals surface area (Å²) in [5.41, 5.74) is 0. The molecule has 0 saturated carbocycles. The monoisotopic (exact) mass is 292 g/mol. The van der Waals surface area contributed by atoms with Gasteiger partial charge in [0.1, 0.15) is 0 Å². The van der Waals surface area contributed by atoms with Gasteiger partial charge in [-0.15, -0.1) is 0 Å². The van der Waals surface area contributed by atoms with Crippen LogP contribution in [0, 0.1) is 13.8 Å². The number of carbonyl (C=O) groups is 2. The summed E-state index contributed by atoms with van der Waals surface area (Å²) in [5.74, 6) is -1.98. The van der Waals surface area contributed by atoms with Crippen LogP contribution in [0.15, 0.2) is 0 Å². The minimum atomic E-state index is -1.08. The maximum absolute atomic E-state index is 9.64. The van der Waals surface area contributed by atoms with Gasteiger partial charge in [0.05, 0.1) is 0 Å². The molecule has 0 aliphatic rings. The second kappa shape index (κ2) is 18.8. The molecule has 13 heavy (non-hydrogen) atoms. The number of rotatable bonds is 3. The normalized spacial score (nSPS) is 6.54. The Hall–Kier alpha value is 1.15. The van der Waals surface area contributed by atoms with Crippen molar-refractivity contribution in [2.24, 2.45) is 0 Å². The van der Waals surface area contributed by atoms with Gasteiger partial charge in [-0.1, -0.05) is 0 Å². The Morgan fingerprint density at radius 1 is 1.31 bits per heavy atom. The molecule has 0 fully saturated rings. The van der Waals surface area contributed by atoms with Gasteiger partial charge >= 0.3 is 73.8 Å². The molecule has 0 aromatic heterocycles. The third kappa shape index (κ3) is 61.7. The van der Waals surface area contributed by atoms with E-state index >= 15 is 0 Å². The fourth-order valence-corrected chi connectivity index (χ4v) is 0.175. The zero-order valence-corrected chi connectivity index (χ0v) is 12.8. The van der Waals surface area contributed by atoms with E-state index in [1.807, 2.05) is 0 Å². The molecule has 0 amide bonds. The Balaban J connectivity index is -0.0000000600. The van der Waals surface area contributed by atoms with Crippen molar-refractivity contribution >= 4 is 11.9 Å². The fourth-order valence-electron chi connectivity index (χ4n) is 0.175. The molecule has 0 aliphatic heterocycles. The molecule has 1 radical (unpaired) electrons. The first-order valence-corrected chi connectivity index (χ1v) is 2.70. The summed E-state index contributed by atoms with van der Waals surface area (Å²) in [6.45, 7) is 6.10. The molecule has 0 atom stereocenters. The number of hydrogen-bond donors (Lipinski definition) is 2. The molecule has 0 unspecified atom stereocenters. The number of carboxylic acids is 2. The van der Waals surface area contributed by atoms with E-state index < -0.39 is 11.9 Å². The minimum Gasteiger partial charge on any atom is -0.679 e. The Morgan fingerprint density at radius 2 is 1.62 bits per heavy atom. The van der Waals surface area contributed by atoms with Crippen molar-refractivity contribution in [1.82, 2.24) is 0 Å². The summed E-state index contributed by atoms with van der Waals surface area (Å²) in [7, 11) is 0. The number of carboxylic acid groups (broad SMARTS) is 2. The van der Waals surface area contributed by atoms with E-state index in [4.69, 9.17) is 15.0 Å². The standard InChI is InChI=1S/C4H7NO2.C2H3O2.K.Nb/c1-2-5-3-4(6)7;1-2(3)4;;/h1-3H2,(H,6,7);1H2,(H,3,4);;/q-2;-1;+1;+2. The molecule has 0 bridgehead atoms. The molecule has 0 saturated heterocycles. The van der Waals surface area contributed by atoms with Gasteiger partial charge < -0.3 is 22.5 Å². The van der Waals surface area contributed by atoms with E-state index in [0.29, 0.717) is 6.54 Å². The van der Waals surface area contributed by atoms with Gasteiger partial charge in [-0.2, -0.15) is 0 Å². The summed E-state index contributed by atoms with van der Waals surface area (Å²) in [5, 5.41) is 18.7. The third-order valence-corrected chi connectivity index (χ3v) is 0.405. The molecular weight excluding hydrogens is 282 g/mol. The summed E-state index contributed by atoms with van der Waals surface area (Å²) < 4.78 is 0. The average Bonchev–Trinajstić information content (AvgIpc) is 1.82. The van der Waals surface area contributed by atoms with Gasteiger partial charge in [0.2, 0.25) is 0 Å². The Kier molecular flexibility index (Phi) is 34.4. The van der Waals surface area contributed by atoms with Crippen molar-refractivity contribution in [3.63, 3.8) is 0 Å². The molecule has 0 spiro atoms. The molecule has 2 N–H and O–H groups in total. The van der Waals surface area contributed by atoms with Gasteiger partial charge in [0.15, 0.2) is 5.97 Å². The van der Waals surface area contributed by atoms with Gasteiger partial charge in [-0.25, -0.2) is 0 Å². The molecule has 0 rings (SSSR count). The molecule has 7 heteroatoms. The van der Waals surface area contributed by atoms with Gasteiger partial charge in [0.25, 0.3) is 5.97 Å². The second-order valence-electron chi connectivity index (χ2n) is 1.39. The zero-order chi connectivity index (χ0) is 9.28. The van der Waals surface area contributed by atoms with Crippen molar-refractivity contribution in [2.75, 3.05) is 13.1 Å². The molecule has 0 heterocycles. The van der Waals surface area contributed by atoms with Crippen LogP contribution in [-0.2, 0) is 32.0 Å². The summed E-state index contributed by atoms with van der Waals surface area (Å²) in [6.07, 6.45) is 0. The first kappa shape index (κ1) is 23.7. The zero-order valence-electron chi connectivity index (χ0n) is 7.43. The first-order valence-electron chi connectivity index (χ1n) is 2.70. The largest absolute Gasteiger partial charge is 2.00 e. The van der Waals surface area contributed by atoms with Crippen molar-refractivity contribution in [1.29, 1.82) is 0 Å². The number of hydrogen-bond acceptors (Lipinski definition) is 2. The first-order chi connectivity index (χ1) is 5.00. The topological polar surface area (TPSA) is 88.7 Å². The van der Waals surface area contributed by atoms with E-state index in [1.54, 1.807) is 0 Å². The summed E-state index contributed by atoms with van der Waals surface area (Å²) in [6, 6.07) is 0. The van der Waals surface area contributed by atoms with Crippen LogP contribution < -0.4 is 51.4 Å². The van der Waals surface area contributed by atoms with Crippen LogP contribution in [0.1, 0.15) is 0 Å². The third-order valence-electron chi connectivity index (χ3n) is 0.405. The molecule has 0 aromatic carbocycles.